The van der Waals surface area contributed by atoms with Gasteiger partial charge in [0.15, 0.2) is 10.9 Å². The molecule has 3 saturated heterocycles. The third-order valence-corrected chi connectivity index (χ3v) is 9.52. The molecule has 2 atom stereocenters. The summed E-state index contributed by atoms with van der Waals surface area (Å²) in [6.45, 7) is 3.01. The quantitative estimate of drug-likeness (QED) is 0.295. The smallest absolute Gasteiger partial charge is 0.417 e. The molecule has 15 heteroatoms. The van der Waals surface area contributed by atoms with E-state index in [4.69, 9.17) is 10.5 Å². The first-order valence-corrected chi connectivity index (χ1v) is 14.8. The molecule has 0 radical (unpaired) electrons. The number of ether oxygens (including phenoxy) is 1. The average Bonchev–Trinajstić information content (AvgIpc) is 3.64. The fraction of sp³-hybridized carbons (Fsp3) is 0.464. The molecule has 228 valence electrons. The third kappa shape index (κ3) is 4.81. The van der Waals surface area contributed by atoms with Crippen LogP contribution in [0.2, 0.25) is 0 Å². The van der Waals surface area contributed by atoms with Crippen molar-refractivity contribution in [3.8, 4) is 17.1 Å². The van der Waals surface area contributed by atoms with Crippen LogP contribution in [0, 0.1) is 11.6 Å². The second-order valence-electron chi connectivity index (χ2n) is 11.3. The van der Waals surface area contributed by atoms with Crippen molar-refractivity contribution in [3.05, 3.63) is 35.4 Å². The minimum Gasteiger partial charge on any atom is -0.461 e. The molecule has 3 fully saturated rings. The summed E-state index contributed by atoms with van der Waals surface area (Å²) in [7, 11) is 0. The molecule has 0 unspecified atom stereocenters. The molecule has 3 aliphatic rings. The summed E-state index contributed by atoms with van der Waals surface area (Å²) in [5.74, 6) is -1.89. The van der Waals surface area contributed by atoms with Crippen molar-refractivity contribution in [2.45, 2.75) is 37.1 Å². The largest absolute Gasteiger partial charge is 0.461 e. The third-order valence-electron chi connectivity index (χ3n) is 8.62. The van der Waals surface area contributed by atoms with E-state index in [2.05, 4.69) is 20.3 Å². The van der Waals surface area contributed by atoms with Gasteiger partial charge in [-0.15, -0.1) is 0 Å². The Bertz CT molecular complexity index is 1730. The van der Waals surface area contributed by atoms with Crippen molar-refractivity contribution >= 4 is 43.4 Å². The number of hydrogen-bond donors (Lipinski definition) is 2. The predicted molar refractivity (Wildman–Crippen MR) is 151 cm³/mol. The highest BCUT2D eigenvalue weighted by Crippen LogP contribution is 2.46. The molecular weight excluding hydrogens is 596 g/mol. The van der Waals surface area contributed by atoms with Gasteiger partial charge in [-0.3, -0.25) is 4.90 Å². The second-order valence-corrected chi connectivity index (χ2v) is 12.3. The Balaban J connectivity index is 1.42. The summed E-state index contributed by atoms with van der Waals surface area (Å²) in [6.07, 6.45) is -4.09. The Labute approximate surface area is 245 Å². The fourth-order valence-electron chi connectivity index (χ4n) is 6.70. The van der Waals surface area contributed by atoms with Crippen LogP contribution in [0.4, 0.5) is 37.3 Å². The van der Waals surface area contributed by atoms with Gasteiger partial charge in [0.05, 0.1) is 21.3 Å². The van der Waals surface area contributed by atoms with E-state index in [9.17, 15) is 22.0 Å². The van der Waals surface area contributed by atoms with Crippen molar-refractivity contribution in [1.29, 1.82) is 0 Å². The highest BCUT2D eigenvalue weighted by Gasteiger charge is 2.49. The molecule has 0 spiro atoms. The molecule has 0 bridgehead atoms. The van der Waals surface area contributed by atoms with E-state index >= 15 is 4.39 Å². The number of rotatable bonds is 5. The van der Waals surface area contributed by atoms with E-state index in [0.717, 1.165) is 48.9 Å². The molecule has 3 N–H and O–H groups in total. The topological polar surface area (TPSA) is 92.4 Å². The highest BCUT2D eigenvalue weighted by molar-refractivity contribution is 7.22. The monoisotopic (exact) mass is 623 g/mol. The van der Waals surface area contributed by atoms with Crippen LogP contribution in [0.25, 0.3) is 32.2 Å². The van der Waals surface area contributed by atoms with Gasteiger partial charge < -0.3 is 20.7 Å². The summed E-state index contributed by atoms with van der Waals surface area (Å²) in [5, 5.41) is 2.97. The van der Waals surface area contributed by atoms with E-state index in [1.165, 1.54) is 0 Å². The maximum absolute atomic E-state index is 16.6. The van der Waals surface area contributed by atoms with Crippen LogP contribution in [0.3, 0.4) is 0 Å². The summed E-state index contributed by atoms with van der Waals surface area (Å²) >= 11 is 0.759. The van der Waals surface area contributed by atoms with Crippen molar-refractivity contribution in [2.24, 2.45) is 0 Å². The SMILES string of the molecule is Nc1nc2c(-c3c(C(F)(F)F)cc4c(N5CCNCC5)nc(OC[C@]56CCCN5C[C@H](F)C6)nc4c3F)ccc(F)c2s1. The van der Waals surface area contributed by atoms with Crippen molar-refractivity contribution < 1.29 is 31.1 Å². The van der Waals surface area contributed by atoms with Gasteiger partial charge in [-0.25, -0.2) is 18.2 Å². The summed E-state index contributed by atoms with van der Waals surface area (Å²) < 4.78 is 95.3. The molecular formula is C28H27F6N7OS. The van der Waals surface area contributed by atoms with Gasteiger partial charge in [0.1, 0.15) is 29.9 Å². The second kappa shape index (κ2) is 10.3. The first-order valence-electron chi connectivity index (χ1n) is 14.0. The fourth-order valence-corrected chi connectivity index (χ4v) is 7.47. The zero-order valence-electron chi connectivity index (χ0n) is 22.8. The number of nitrogens with one attached hydrogen (secondary N) is 1. The molecule has 4 aromatic rings. The van der Waals surface area contributed by atoms with Crippen LogP contribution in [-0.2, 0) is 6.18 Å². The zero-order valence-corrected chi connectivity index (χ0v) is 23.6. The van der Waals surface area contributed by atoms with Crippen LogP contribution in [-0.4, -0.2) is 77.4 Å². The van der Waals surface area contributed by atoms with E-state index in [1.54, 1.807) is 4.90 Å². The van der Waals surface area contributed by atoms with E-state index in [-0.39, 0.29) is 56.7 Å². The van der Waals surface area contributed by atoms with E-state index < -0.39 is 40.6 Å². The lowest BCUT2D eigenvalue weighted by Crippen LogP contribution is -2.44. The number of hydrogen-bond acceptors (Lipinski definition) is 9. The maximum atomic E-state index is 16.6. The molecule has 0 saturated carbocycles. The number of piperazine rings is 1. The minimum atomic E-state index is -4.99. The van der Waals surface area contributed by atoms with Gasteiger partial charge in [0, 0.05) is 55.7 Å². The molecule has 5 heterocycles. The first kappa shape index (κ1) is 28.3. The molecule has 2 aromatic heterocycles. The van der Waals surface area contributed by atoms with Gasteiger partial charge in [-0.2, -0.15) is 23.1 Å². The van der Waals surface area contributed by atoms with Crippen LogP contribution in [0.5, 0.6) is 6.01 Å². The number of nitrogens with zero attached hydrogens (tertiary/aromatic N) is 5. The molecule has 0 aliphatic carbocycles. The molecule has 2 aromatic carbocycles. The lowest BCUT2D eigenvalue weighted by molar-refractivity contribution is -0.137. The lowest BCUT2D eigenvalue weighted by Gasteiger charge is -2.32. The maximum Gasteiger partial charge on any atom is 0.417 e. The van der Waals surface area contributed by atoms with Gasteiger partial charge in [-0.1, -0.05) is 11.3 Å². The van der Waals surface area contributed by atoms with Crippen molar-refractivity contribution in [3.63, 3.8) is 0 Å². The number of anilines is 2. The molecule has 43 heavy (non-hydrogen) atoms. The summed E-state index contributed by atoms with van der Waals surface area (Å²) in [4.78, 5) is 16.6. The normalized spacial score (nSPS) is 23.0. The molecule has 7 rings (SSSR count). The number of halogens is 6. The van der Waals surface area contributed by atoms with E-state index in [0.29, 0.717) is 32.7 Å². The number of aromatic nitrogens is 3. The molecule has 3 aliphatic heterocycles. The van der Waals surface area contributed by atoms with Crippen molar-refractivity contribution in [1.82, 2.24) is 25.2 Å². The minimum absolute atomic E-state index is 0.0612. The van der Waals surface area contributed by atoms with Crippen LogP contribution >= 0.6 is 11.3 Å². The number of fused-ring (bicyclic) bond motifs is 3. The molecule has 8 nitrogen and oxygen atoms in total. The standard InChI is InChI=1S/C28H27F6N7OS/c29-14-11-27(4-1-7-41(27)12-14)13-42-26-38-21-16(24(39-26)40-8-5-36-6-9-40)10-17(28(32,33)34)19(20(21)31)15-2-3-18(30)23-22(15)37-25(35)43-23/h2-3,10,14,36H,1,4-9,11-13H2,(H2,35,37)/t14-,27-/m1/s1. The average molecular weight is 624 g/mol. The zero-order chi connectivity index (χ0) is 30.1. The highest BCUT2D eigenvalue weighted by atomic mass is 32.1. The van der Waals surface area contributed by atoms with Gasteiger partial charge in [0.2, 0.25) is 0 Å². The predicted octanol–water partition coefficient (Wildman–Crippen LogP) is 5.15. The number of nitrogen functional groups attached to an aromatic ring is 1. The van der Waals surface area contributed by atoms with Crippen molar-refractivity contribution in [2.75, 3.05) is 56.5 Å². The van der Waals surface area contributed by atoms with E-state index in [1.807, 2.05) is 4.90 Å². The van der Waals surface area contributed by atoms with Gasteiger partial charge in [0.25, 0.3) is 0 Å². The van der Waals surface area contributed by atoms with Crippen LogP contribution in [0.1, 0.15) is 24.8 Å². The lowest BCUT2D eigenvalue weighted by atomic mass is 9.95. The Kier molecular flexibility index (Phi) is 6.81. The van der Waals surface area contributed by atoms with Crippen LogP contribution in [0.15, 0.2) is 18.2 Å². The number of nitrogens with two attached hydrogens (primary N) is 1. The summed E-state index contributed by atoms with van der Waals surface area (Å²) in [6, 6.07) is 2.65. The number of benzene rings is 2. The van der Waals surface area contributed by atoms with Gasteiger partial charge in [-0.05, 0) is 37.6 Å². The van der Waals surface area contributed by atoms with Crippen LogP contribution < -0.4 is 20.7 Å². The first-order chi connectivity index (χ1) is 20.5. The molecule has 0 amide bonds. The Hall–Kier alpha value is -3.43. The Morgan fingerprint density at radius 1 is 1.09 bits per heavy atom. The Morgan fingerprint density at radius 3 is 2.65 bits per heavy atom. The number of thiazole rings is 1. The summed E-state index contributed by atoms with van der Waals surface area (Å²) in [5.41, 5.74) is 2.31. The van der Waals surface area contributed by atoms with Gasteiger partial charge >= 0.3 is 12.2 Å². The number of alkyl halides is 4. The Morgan fingerprint density at radius 2 is 1.88 bits per heavy atom.